The summed E-state index contributed by atoms with van der Waals surface area (Å²) in [6, 6.07) is 7.47. The minimum absolute atomic E-state index is 0.0974. The van der Waals surface area contributed by atoms with Crippen molar-refractivity contribution in [3.63, 3.8) is 0 Å². The number of alkyl halides is 3. The molecule has 0 fully saturated rings. The SMILES string of the molecule is OC(Cn1ccc(C(F)(F)F)n1)c1ccccc1Cl. The molecule has 1 N–H and O–H groups in total. The summed E-state index contributed by atoms with van der Waals surface area (Å²) < 4.78 is 38.1. The summed E-state index contributed by atoms with van der Waals surface area (Å²) >= 11 is 5.89. The van der Waals surface area contributed by atoms with Crippen LogP contribution in [0.4, 0.5) is 13.2 Å². The first-order valence-electron chi connectivity index (χ1n) is 5.41. The van der Waals surface area contributed by atoms with E-state index in [-0.39, 0.29) is 6.54 Å². The van der Waals surface area contributed by atoms with E-state index in [4.69, 9.17) is 11.6 Å². The fourth-order valence-corrected chi connectivity index (χ4v) is 1.90. The molecular weight excluding hydrogens is 281 g/mol. The smallest absolute Gasteiger partial charge is 0.386 e. The molecule has 0 aliphatic carbocycles. The van der Waals surface area contributed by atoms with Crippen molar-refractivity contribution in [3.8, 4) is 0 Å². The molecule has 0 amide bonds. The highest BCUT2D eigenvalue weighted by Crippen LogP contribution is 2.28. The lowest BCUT2D eigenvalue weighted by molar-refractivity contribution is -0.141. The third kappa shape index (κ3) is 3.27. The van der Waals surface area contributed by atoms with Crippen molar-refractivity contribution >= 4 is 11.6 Å². The Kier molecular flexibility index (Phi) is 3.82. The van der Waals surface area contributed by atoms with Crippen LogP contribution in [0.25, 0.3) is 0 Å². The predicted octanol–water partition coefficient (Wildman–Crippen LogP) is 3.29. The molecule has 0 saturated carbocycles. The second-order valence-electron chi connectivity index (χ2n) is 3.96. The van der Waals surface area contributed by atoms with Gasteiger partial charge in [0.05, 0.1) is 12.6 Å². The van der Waals surface area contributed by atoms with Crippen LogP contribution in [-0.2, 0) is 12.7 Å². The average Bonchev–Trinajstić information content (AvgIpc) is 2.77. The zero-order valence-electron chi connectivity index (χ0n) is 9.60. The Hall–Kier alpha value is -1.53. The predicted molar refractivity (Wildman–Crippen MR) is 63.6 cm³/mol. The number of halogens is 4. The summed E-state index contributed by atoms with van der Waals surface area (Å²) in [6.45, 7) is -0.0974. The van der Waals surface area contributed by atoms with E-state index in [9.17, 15) is 18.3 Å². The lowest BCUT2D eigenvalue weighted by atomic mass is 10.1. The largest absolute Gasteiger partial charge is 0.435 e. The summed E-state index contributed by atoms with van der Waals surface area (Å²) in [7, 11) is 0. The molecule has 0 radical (unpaired) electrons. The van der Waals surface area contributed by atoms with Crippen LogP contribution in [0.3, 0.4) is 0 Å². The number of aliphatic hydroxyl groups is 1. The van der Waals surface area contributed by atoms with Crippen molar-refractivity contribution in [2.45, 2.75) is 18.8 Å². The first-order valence-corrected chi connectivity index (χ1v) is 5.79. The molecule has 0 aliphatic heterocycles. The van der Waals surface area contributed by atoms with Crippen molar-refractivity contribution in [2.24, 2.45) is 0 Å². The molecule has 2 rings (SSSR count). The second-order valence-corrected chi connectivity index (χ2v) is 4.37. The topological polar surface area (TPSA) is 38.0 Å². The number of hydrogen-bond acceptors (Lipinski definition) is 2. The molecule has 1 unspecified atom stereocenters. The molecule has 1 aromatic carbocycles. The molecule has 2 aromatic rings. The summed E-state index contributed by atoms with van der Waals surface area (Å²) in [5.41, 5.74) is -0.535. The van der Waals surface area contributed by atoms with Gasteiger partial charge in [-0.3, -0.25) is 4.68 Å². The van der Waals surface area contributed by atoms with E-state index in [0.717, 1.165) is 10.7 Å². The Balaban J connectivity index is 2.14. The monoisotopic (exact) mass is 290 g/mol. The molecule has 0 bridgehead atoms. The Labute approximate surface area is 112 Å². The van der Waals surface area contributed by atoms with Gasteiger partial charge in [-0.25, -0.2) is 0 Å². The van der Waals surface area contributed by atoms with E-state index in [1.165, 1.54) is 6.20 Å². The lowest BCUT2D eigenvalue weighted by Gasteiger charge is -2.12. The summed E-state index contributed by atoms with van der Waals surface area (Å²) in [6.07, 6.45) is -4.33. The third-order valence-corrected chi connectivity index (χ3v) is 2.90. The number of aromatic nitrogens is 2. The van der Waals surface area contributed by atoms with Crippen LogP contribution in [0.1, 0.15) is 17.4 Å². The molecule has 19 heavy (non-hydrogen) atoms. The fourth-order valence-electron chi connectivity index (χ4n) is 1.64. The minimum atomic E-state index is -4.49. The van der Waals surface area contributed by atoms with Crippen molar-refractivity contribution in [1.29, 1.82) is 0 Å². The maximum absolute atomic E-state index is 12.4. The van der Waals surface area contributed by atoms with Crippen LogP contribution in [0, 0.1) is 0 Å². The maximum Gasteiger partial charge on any atom is 0.435 e. The summed E-state index contributed by atoms with van der Waals surface area (Å²) in [5.74, 6) is 0. The van der Waals surface area contributed by atoms with Crippen LogP contribution in [0.2, 0.25) is 5.02 Å². The Morgan fingerprint density at radius 1 is 1.26 bits per heavy atom. The van der Waals surface area contributed by atoms with E-state index in [1.54, 1.807) is 24.3 Å². The first-order chi connectivity index (χ1) is 8.88. The normalized spacial score (nSPS) is 13.5. The summed E-state index contributed by atoms with van der Waals surface area (Å²) in [4.78, 5) is 0. The van der Waals surface area contributed by atoms with E-state index < -0.39 is 18.0 Å². The molecule has 1 atom stereocenters. The molecule has 1 aromatic heterocycles. The Bertz CT molecular complexity index is 568. The van der Waals surface area contributed by atoms with Gasteiger partial charge in [-0.2, -0.15) is 18.3 Å². The van der Waals surface area contributed by atoms with Crippen molar-refractivity contribution in [3.05, 3.63) is 52.8 Å². The number of hydrogen-bond donors (Lipinski definition) is 1. The van der Waals surface area contributed by atoms with Crippen molar-refractivity contribution in [1.82, 2.24) is 9.78 Å². The van der Waals surface area contributed by atoms with Gasteiger partial charge in [-0.05, 0) is 12.1 Å². The van der Waals surface area contributed by atoms with Gasteiger partial charge in [0.15, 0.2) is 5.69 Å². The third-order valence-electron chi connectivity index (χ3n) is 2.56. The zero-order chi connectivity index (χ0) is 14.0. The molecular formula is C12H10ClF3N2O. The molecule has 0 spiro atoms. The van der Waals surface area contributed by atoms with Crippen LogP contribution < -0.4 is 0 Å². The molecule has 1 heterocycles. The van der Waals surface area contributed by atoms with Crippen LogP contribution >= 0.6 is 11.6 Å². The van der Waals surface area contributed by atoms with E-state index in [2.05, 4.69) is 5.10 Å². The van der Waals surface area contributed by atoms with Crippen LogP contribution in [0.15, 0.2) is 36.5 Å². The minimum Gasteiger partial charge on any atom is -0.386 e. The standard InChI is InChI=1S/C12H10ClF3N2O/c13-9-4-2-1-3-8(9)10(19)7-18-6-5-11(17-18)12(14,15)16/h1-6,10,19H,7H2. The lowest BCUT2D eigenvalue weighted by Crippen LogP contribution is -2.12. The number of aliphatic hydroxyl groups excluding tert-OH is 1. The van der Waals surface area contributed by atoms with Gasteiger partial charge in [0.2, 0.25) is 0 Å². The van der Waals surface area contributed by atoms with Crippen molar-refractivity contribution < 1.29 is 18.3 Å². The average molecular weight is 291 g/mol. The Morgan fingerprint density at radius 3 is 2.53 bits per heavy atom. The second kappa shape index (κ2) is 5.22. The molecule has 3 nitrogen and oxygen atoms in total. The maximum atomic E-state index is 12.4. The van der Waals surface area contributed by atoms with Gasteiger partial charge < -0.3 is 5.11 Å². The highest BCUT2D eigenvalue weighted by atomic mass is 35.5. The van der Waals surface area contributed by atoms with Crippen LogP contribution in [-0.4, -0.2) is 14.9 Å². The van der Waals surface area contributed by atoms with Gasteiger partial charge in [0.25, 0.3) is 0 Å². The van der Waals surface area contributed by atoms with Gasteiger partial charge in [-0.15, -0.1) is 0 Å². The van der Waals surface area contributed by atoms with Gasteiger partial charge >= 0.3 is 6.18 Å². The quantitative estimate of drug-likeness (QED) is 0.942. The number of benzene rings is 1. The summed E-state index contributed by atoms with van der Waals surface area (Å²) in [5, 5.41) is 13.7. The van der Waals surface area contributed by atoms with E-state index in [0.29, 0.717) is 10.6 Å². The fraction of sp³-hybridized carbons (Fsp3) is 0.250. The van der Waals surface area contributed by atoms with Crippen molar-refractivity contribution in [2.75, 3.05) is 0 Å². The molecule has 0 saturated heterocycles. The number of rotatable bonds is 3. The van der Waals surface area contributed by atoms with Gasteiger partial charge in [-0.1, -0.05) is 29.8 Å². The zero-order valence-corrected chi connectivity index (χ0v) is 10.4. The highest BCUT2D eigenvalue weighted by Gasteiger charge is 2.33. The van der Waals surface area contributed by atoms with E-state index >= 15 is 0 Å². The highest BCUT2D eigenvalue weighted by molar-refractivity contribution is 6.31. The number of nitrogens with zero attached hydrogens (tertiary/aromatic N) is 2. The van der Waals surface area contributed by atoms with Gasteiger partial charge in [0.1, 0.15) is 0 Å². The molecule has 0 aliphatic rings. The van der Waals surface area contributed by atoms with Crippen LogP contribution in [0.5, 0.6) is 0 Å². The van der Waals surface area contributed by atoms with Gasteiger partial charge in [0, 0.05) is 16.8 Å². The Morgan fingerprint density at radius 2 is 1.95 bits per heavy atom. The molecule has 102 valence electrons. The van der Waals surface area contributed by atoms with E-state index in [1.807, 2.05) is 0 Å². The first kappa shape index (κ1) is 13.9. The molecule has 7 heteroatoms.